The maximum Gasteiger partial charge on any atom is 0.399 e. The van der Waals surface area contributed by atoms with Crippen LogP contribution in [-0.4, -0.2) is 89.7 Å². The van der Waals surface area contributed by atoms with Crippen molar-refractivity contribution in [2.45, 2.75) is 135 Å². The minimum absolute atomic E-state index is 0.0847. The van der Waals surface area contributed by atoms with Crippen LogP contribution in [0.25, 0.3) is 0 Å². The number of nitrogens with zero attached hydrogens (tertiary/aromatic N) is 1. The van der Waals surface area contributed by atoms with Gasteiger partial charge in [0.1, 0.15) is 6.10 Å². The molecule has 0 saturated carbocycles. The SMILES string of the molecule is CCCCCCCCCCCCCCCC[N+](CCCO)(CCCO)CCCC(O)C(O)OS(=O)(=O)O. The molecule has 10 heteroatoms. The summed E-state index contributed by atoms with van der Waals surface area (Å²) in [4.78, 5) is 0. The van der Waals surface area contributed by atoms with Crippen LogP contribution in [0.2, 0.25) is 0 Å². The molecule has 0 aliphatic carbocycles. The first-order valence-corrected chi connectivity index (χ1v) is 16.1. The summed E-state index contributed by atoms with van der Waals surface area (Å²) in [6.45, 7) is 5.53. The van der Waals surface area contributed by atoms with Gasteiger partial charge in [-0.05, 0) is 25.7 Å². The molecule has 0 saturated heterocycles. The number of hydrogen-bond donors (Lipinski definition) is 5. The van der Waals surface area contributed by atoms with Gasteiger partial charge in [0.15, 0.2) is 0 Å². The van der Waals surface area contributed by atoms with Crippen LogP contribution in [0.15, 0.2) is 0 Å². The van der Waals surface area contributed by atoms with Crippen LogP contribution >= 0.6 is 0 Å². The summed E-state index contributed by atoms with van der Waals surface area (Å²) in [5.74, 6) is 0. The van der Waals surface area contributed by atoms with E-state index in [1.165, 1.54) is 77.0 Å². The molecule has 37 heavy (non-hydrogen) atoms. The minimum Gasteiger partial charge on any atom is -0.396 e. The summed E-state index contributed by atoms with van der Waals surface area (Å²) in [5, 5.41) is 38.5. The lowest BCUT2D eigenvalue weighted by Gasteiger charge is -2.39. The summed E-state index contributed by atoms with van der Waals surface area (Å²) < 4.78 is 34.9. The first kappa shape index (κ1) is 36.7. The average molecular weight is 557 g/mol. The van der Waals surface area contributed by atoms with Gasteiger partial charge in [-0.1, -0.05) is 84.0 Å². The van der Waals surface area contributed by atoms with E-state index in [9.17, 15) is 28.8 Å². The van der Waals surface area contributed by atoms with Gasteiger partial charge in [0, 0.05) is 26.1 Å². The van der Waals surface area contributed by atoms with E-state index in [0.29, 0.717) is 30.3 Å². The number of rotatable bonds is 28. The highest BCUT2D eigenvalue weighted by Crippen LogP contribution is 2.18. The molecular formula is C27H58NO8S+. The van der Waals surface area contributed by atoms with Crippen LogP contribution in [0.4, 0.5) is 0 Å². The van der Waals surface area contributed by atoms with Crippen molar-refractivity contribution in [1.29, 1.82) is 0 Å². The second-order valence-electron chi connectivity index (χ2n) is 10.6. The Bertz CT molecular complexity index is 597. The molecule has 0 rings (SSSR count). The molecular weight excluding hydrogens is 498 g/mol. The Hall–Kier alpha value is -0.330. The van der Waals surface area contributed by atoms with Crippen molar-refractivity contribution < 1.29 is 42.1 Å². The number of aliphatic hydroxyl groups excluding tert-OH is 4. The lowest BCUT2D eigenvalue weighted by Crippen LogP contribution is -2.51. The Kier molecular flexibility index (Phi) is 23.3. The second-order valence-corrected chi connectivity index (χ2v) is 11.7. The zero-order chi connectivity index (χ0) is 27.8. The van der Waals surface area contributed by atoms with Gasteiger partial charge < -0.3 is 24.9 Å². The van der Waals surface area contributed by atoms with Crippen molar-refractivity contribution in [3.63, 3.8) is 0 Å². The molecule has 0 fully saturated rings. The molecule has 0 aromatic carbocycles. The summed E-state index contributed by atoms with van der Waals surface area (Å²) >= 11 is 0. The summed E-state index contributed by atoms with van der Waals surface area (Å²) in [7, 11) is -4.85. The number of aliphatic hydroxyl groups is 4. The third-order valence-corrected chi connectivity index (χ3v) is 7.69. The average Bonchev–Trinajstić information content (AvgIpc) is 2.85. The van der Waals surface area contributed by atoms with E-state index in [1.54, 1.807) is 0 Å². The van der Waals surface area contributed by atoms with E-state index < -0.39 is 22.8 Å². The molecule has 0 amide bonds. The zero-order valence-corrected chi connectivity index (χ0v) is 24.3. The van der Waals surface area contributed by atoms with Gasteiger partial charge in [0.2, 0.25) is 6.29 Å². The van der Waals surface area contributed by atoms with Crippen LogP contribution in [0.5, 0.6) is 0 Å². The largest absolute Gasteiger partial charge is 0.399 e. The van der Waals surface area contributed by atoms with E-state index in [2.05, 4.69) is 11.1 Å². The highest BCUT2D eigenvalue weighted by molar-refractivity contribution is 7.80. The monoisotopic (exact) mass is 556 g/mol. The lowest BCUT2D eigenvalue weighted by molar-refractivity contribution is -0.929. The van der Waals surface area contributed by atoms with Crippen molar-refractivity contribution in [2.24, 2.45) is 0 Å². The Morgan fingerprint density at radius 2 is 1.00 bits per heavy atom. The van der Waals surface area contributed by atoms with Gasteiger partial charge >= 0.3 is 10.4 Å². The van der Waals surface area contributed by atoms with Crippen LogP contribution in [0.1, 0.15) is 122 Å². The Morgan fingerprint density at radius 3 is 1.41 bits per heavy atom. The normalized spacial score (nSPS) is 14.2. The topological polar surface area (TPSA) is 145 Å². The molecule has 0 aliphatic heterocycles. The van der Waals surface area contributed by atoms with Gasteiger partial charge in [-0.3, -0.25) is 4.55 Å². The first-order valence-electron chi connectivity index (χ1n) is 14.8. The Morgan fingerprint density at radius 1 is 0.622 bits per heavy atom. The molecule has 9 nitrogen and oxygen atoms in total. The molecule has 0 aromatic rings. The minimum atomic E-state index is -4.85. The molecule has 2 atom stereocenters. The van der Waals surface area contributed by atoms with Crippen molar-refractivity contribution in [2.75, 3.05) is 39.4 Å². The summed E-state index contributed by atoms with van der Waals surface area (Å²) in [6.07, 6.45) is 16.6. The first-order chi connectivity index (χ1) is 17.7. The number of unbranched alkanes of at least 4 members (excludes halogenated alkanes) is 13. The van der Waals surface area contributed by atoms with E-state index in [-0.39, 0.29) is 19.6 Å². The fourth-order valence-electron chi connectivity index (χ4n) is 5.09. The second kappa shape index (κ2) is 23.5. The molecule has 0 spiro atoms. The maximum absolute atomic E-state index is 10.7. The van der Waals surface area contributed by atoms with Crippen LogP contribution in [0, 0.1) is 0 Å². The van der Waals surface area contributed by atoms with Gasteiger partial charge in [0.25, 0.3) is 0 Å². The van der Waals surface area contributed by atoms with Gasteiger partial charge in [-0.25, -0.2) is 4.18 Å². The third-order valence-electron chi connectivity index (χ3n) is 7.25. The third kappa shape index (κ3) is 22.2. The maximum atomic E-state index is 10.7. The van der Waals surface area contributed by atoms with Crippen molar-refractivity contribution in [1.82, 2.24) is 0 Å². The molecule has 5 N–H and O–H groups in total. The number of hydrogen-bond acceptors (Lipinski definition) is 7. The summed E-state index contributed by atoms with van der Waals surface area (Å²) in [6, 6.07) is 0. The predicted molar refractivity (Wildman–Crippen MR) is 147 cm³/mol. The molecule has 0 aromatic heterocycles. The fourth-order valence-corrected chi connectivity index (χ4v) is 5.47. The highest BCUT2D eigenvalue weighted by Gasteiger charge is 2.28. The molecule has 0 aliphatic rings. The predicted octanol–water partition coefficient (Wildman–Crippen LogP) is 4.33. The van der Waals surface area contributed by atoms with E-state index in [1.807, 2.05) is 0 Å². The zero-order valence-electron chi connectivity index (χ0n) is 23.4. The summed E-state index contributed by atoms with van der Waals surface area (Å²) in [5.41, 5.74) is 0. The van der Waals surface area contributed by atoms with Gasteiger partial charge in [0.05, 0.1) is 26.2 Å². The van der Waals surface area contributed by atoms with Crippen molar-refractivity contribution >= 4 is 10.4 Å². The van der Waals surface area contributed by atoms with Crippen LogP contribution in [-0.2, 0) is 14.6 Å². The molecule has 0 bridgehead atoms. The van der Waals surface area contributed by atoms with Crippen LogP contribution < -0.4 is 0 Å². The van der Waals surface area contributed by atoms with Crippen molar-refractivity contribution in [3.8, 4) is 0 Å². The smallest absolute Gasteiger partial charge is 0.396 e. The van der Waals surface area contributed by atoms with Crippen LogP contribution in [0.3, 0.4) is 0 Å². The quantitative estimate of drug-likeness (QED) is 0.0414. The lowest BCUT2D eigenvalue weighted by atomic mass is 10.0. The Labute approximate surface area is 226 Å². The standard InChI is InChI=1S/C27H57NO8S/c1-2-3-4-5-6-7-8-9-10-11-12-13-14-15-20-28(22-17-24-29,23-18-25-30)21-16-19-26(31)27(32)36-37(33,34)35/h26-27,29-32H,2-25H2,1H3/p+1. The highest BCUT2D eigenvalue weighted by atomic mass is 32.3. The van der Waals surface area contributed by atoms with E-state index in [4.69, 9.17) is 4.55 Å². The Balaban J connectivity index is 4.35. The van der Waals surface area contributed by atoms with Gasteiger partial charge in [-0.15, -0.1) is 0 Å². The molecule has 224 valence electrons. The number of quaternary nitrogens is 1. The molecule has 2 unspecified atom stereocenters. The molecule has 0 heterocycles. The van der Waals surface area contributed by atoms with Crippen molar-refractivity contribution in [3.05, 3.63) is 0 Å². The van der Waals surface area contributed by atoms with E-state index in [0.717, 1.165) is 32.5 Å². The van der Waals surface area contributed by atoms with E-state index >= 15 is 0 Å². The molecule has 0 radical (unpaired) electrons. The fraction of sp³-hybridized carbons (Fsp3) is 1.00. The van der Waals surface area contributed by atoms with Gasteiger partial charge in [-0.2, -0.15) is 8.42 Å².